The number of halogens is 1. The van der Waals surface area contributed by atoms with E-state index >= 15 is 0 Å². The predicted octanol–water partition coefficient (Wildman–Crippen LogP) is 4.77. The van der Waals surface area contributed by atoms with Crippen molar-refractivity contribution in [2.24, 2.45) is 0 Å². The molecule has 94 valence electrons. The zero-order valence-corrected chi connectivity index (χ0v) is 11.4. The fourth-order valence-electron chi connectivity index (χ4n) is 1.76. The fraction of sp³-hybridized carbons (Fsp3) is 0. The number of thiophene rings is 1. The Morgan fingerprint density at radius 3 is 2.58 bits per heavy atom. The van der Waals surface area contributed by atoms with Crippen molar-refractivity contribution in [3.63, 3.8) is 0 Å². The normalized spacial score (nSPS) is 10.6. The van der Waals surface area contributed by atoms with E-state index in [-0.39, 0.29) is 5.97 Å². The average molecular weight is 289 g/mol. The van der Waals surface area contributed by atoms with Crippen LogP contribution in [-0.2, 0) is 0 Å². The van der Waals surface area contributed by atoms with Crippen molar-refractivity contribution in [3.8, 4) is 5.75 Å². The van der Waals surface area contributed by atoms with Crippen LogP contribution in [0.1, 0.15) is 9.67 Å². The minimum Gasteiger partial charge on any atom is -0.421 e. The lowest BCUT2D eigenvalue weighted by molar-refractivity contribution is 0.0740. The molecule has 0 fully saturated rings. The van der Waals surface area contributed by atoms with Crippen LogP contribution in [0.2, 0.25) is 5.02 Å². The molecule has 0 aliphatic heterocycles. The van der Waals surface area contributed by atoms with Crippen LogP contribution < -0.4 is 4.74 Å². The third-order valence-corrected chi connectivity index (χ3v) is 4.07. The Kier molecular flexibility index (Phi) is 3.23. The molecule has 3 rings (SSSR count). The second-order valence-corrected chi connectivity index (χ2v) is 5.46. The van der Waals surface area contributed by atoms with E-state index in [9.17, 15) is 4.79 Å². The molecule has 0 atom stereocenters. The molecule has 2 nitrogen and oxygen atoms in total. The first-order valence-electron chi connectivity index (χ1n) is 5.69. The van der Waals surface area contributed by atoms with Gasteiger partial charge in [0.1, 0.15) is 10.6 Å². The lowest BCUT2D eigenvalue weighted by Gasteiger charge is -2.03. The molecule has 0 N–H and O–H groups in total. The highest BCUT2D eigenvalue weighted by Crippen LogP contribution is 2.28. The number of benzene rings is 2. The van der Waals surface area contributed by atoms with Crippen molar-refractivity contribution in [1.82, 2.24) is 0 Å². The average Bonchev–Trinajstić information content (AvgIpc) is 2.85. The van der Waals surface area contributed by atoms with Gasteiger partial charge < -0.3 is 4.74 Å². The Labute approximate surface area is 119 Å². The van der Waals surface area contributed by atoms with Gasteiger partial charge in [0.15, 0.2) is 0 Å². The number of fused-ring (bicyclic) bond motifs is 1. The van der Waals surface area contributed by atoms with Crippen molar-refractivity contribution in [3.05, 3.63) is 64.5 Å². The lowest BCUT2D eigenvalue weighted by atomic mass is 10.2. The van der Waals surface area contributed by atoms with Crippen LogP contribution in [-0.4, -0.2) is 5.97 Å². The van der Waals surface area contributed by atoms with Crippen molar-refractivity contribution >= 4 is 39.0 Å². The number of hydrogen-bond acceptors (Lipinski definition) is 3. The Morgan fingerprint density at radius 1 is 1.05 bits per heavy atom. The van der Waals surface area contributed by atoms with Gasteiger partial charge in [0.25, 0.3) is 0 Å². The summed E-state index contributed by atoms with van der Waals surface area (Å²) in [6.07, 6.45) is 0. The molecule has 0 radical (unpaired) electrons. The van der Waals surface area contributed by atoms with E-state index in [0.717, 1.165) is 10.1 Å². The van der Waals surface area contributed by atoms with E-state index in [1.807, 2.05) is 30.3 Å². The number of carbonyl (C=O) groups excluding carboxylic acids is 1. The van der Waals surface area contributed by atoms with Gasteiger partial charge >= 0.3 is 5.97 Å². The van der Waals surface area contributed by atoms with Gasteiger partial charge in [0.05, 0.1) is 5.02 Å². The summed E-state index contributed by atoms with van der Waals surface area (Å²) < 4.78 is 6.36. The summed E-state index contributed by atoms with van der Waals surface area (Å²) in [5, 5.41) is 1.47. The molecule has 1 heterocycles. The second-order valence-electron chi connectivity index (χ2n) is 3.97. The topological polar surface area (TPSA) is 26.3 Å². The van der Waals surface area contributed by atoms with Crippen LogP contribution in [0.15, 0.2) is 54.6 Å². The second kappa shape index (κ2) is 5.03. The number of hydrogen-bond donors (Lipinski definition) is 0. The summed E-state index contributed by atoms with van der Waals surface area (Å²) in [5.41, 5.74) is 0. The standard InChI is InChI=1S/C15H9ClO2S/c16-11-6-2-3-7-12(11)18-15(17)14-9-10-5-1-4-8-13(10)19-14/h1-9H. The van der Waals surface area contributed by atoms with Crippen LogP contribution in [0.3, 0.4) is 0 Å². The lowest BCUT2D eigenvalue weighted by Crippen LogP contribution is -2.06. The van der Waals surface area contributed by atoms with Gasteiger partial charge in [-0.15, -0.1) is 11.3 Å². The first-order valence-corrected chi connectivity index (χ1v) is 6.89. The Balaban J connectivity index is 1.90. The predicted molar refractivity (Wildman–Crippen MR) is 78.2 cm³/mol. The first-order chi connectivity index (χ1) is 9.24. The zero-order valence-electron chi connectivity index (χ0n) is 9.80. The number of ether oxygens (including phenoxy) is 1. The van der Waals surface area contributed by atoms with E-state index in [4.69, 9.17) is 16.3 Å². The summed E-state index contributed by atoms with van der Waals surface area (Å²) in [5.74, 6) is 0.000854. The molecule has 0 aliphatic rings. The maximum Gasteiger partial charge on any atom is 0.353 e. The van der Waals surface area contributed by atoms with E-state index in [1.54, 1.807) is 24.3 Å². The first kappa shape index (κ1) is 12.2. The monoisotopic (exact) mass is 288 g/mol. The minimum absolute atomic E-state index is 0.380. The van der Waals surface area contributed by atoms with Gasteiger partial charge in [-0.1, -0.05) is 41.9 Å². The SMILES string of the molecule is O=C(Oc1ccccc1Cl)c1cc2ccccc2s1. The number of para-hydroxylation sites is 1. The Hall–Kier alpha value is -1.84. The Bertz CT molecular complexity index is 715. The third-order valence-electron chi connectivity index (χ3n) is 2.67. The van der Waals surface area contributed by atoms with Gasteiger partial charge in [0.2, 0.25) is 0 Å². The minimum atomic E-state index is -0.380. The highest BCUT2D eigenvalue weighted by atomic mass is 35.5. The van der Waals surface area contributed by atoms with Gasteiger partial charge in [-0.3, -0.25) is 0 Å². The number of esters is 1. The van der Waals surface area contributed by atoms with Crippen LogP contribution >= 0.6 is 22.9 Å². The van der Waals surface area contributed by atoms with Crippen molar-refractivity contribution in [1.29, 1.82) is 0 Å². The molecule has 0 bridgehead atoms. The molecule has 19 heavy (non-hydrogen) atoms. The molecule has 0 amide bonds. The summed E-state index contributed by atoms with van der Waals surface area (Å²) in [6.45, 7) is 0. The molecule has 0 spiro atoms. The highest BCUT2D eigenvalue weighted by molar-refractivity contribution is 7.20. The summed E-state index contributed by atoms with van der Waals surface area (Å²) in [6, 6.07) is 16.6. The number of carbonyl (C=O) groups is 1. The smallest absolute Gasteiger partial charge is 0.353 e. The summed E-state index contributed by atoms with van der Waals surface area (Å²) in [4.78, 5) is 12.6. The molecule has 0 saturated carbocycles. The molecular formula is C15H9ClO2S. The van der Waals surface area contributed by atoms with Crippen molar-refractivity contribution < 1.29 is 9.53 Å². The van der Waals surface area contributed by atoms with Gasteiger partial charge in [-0.2, -0.15) is 0 Å². The van der Waals surface area contributed by atoms with E-state index < -0.39 is 0 Å². The van der Waals surface area contributed by atoms with E-state index in [0.29, 0.717) is 15.6 Å². The molecule has 0 unspecified atom stereocenters. The zero-order chi connectivity index (χ0) is 13.2. The molecule has 0 saturated heterocycles. The van der Waals surface area contributed by atoms with Crippen LogP contribution in [0.4, 0.5) is 0 Å². The maximum absolute atomic E-state index is 12.1. The van der Waals surface area contributed by atoms with Crippen LogP contribution in [0.5, 0.6) is 5.75 Å². The summed E-state index contributed by atoms with van der Waals surface area (Å²) in [7, 11) is 0. The van der Waals surface area contributed by atoms with E-state index in [2.05, 4.69) is 0 Å². The largest absolute Gasteiger partial charge is 0.421 e. The van der Waals surface area contributed by atoms with Gasteiger partial charge in [-0.05, 0) is 29.7 Å². The molecular weight excluding hydrogens is 280 g/mol. The maximum atomic E-state index is 12.1. The molecule has 2 aromatic carbocycles. The van der Waals surface area contributed by atoms with Crippen LogP contribution in [0, 0.1) is 0 Å². The molecule has 3 aromatic rings. The van der Waals surface area contributed by atoms with Crippen molar-refractivity contribution in [2.75, 3.05) is 0 Å². The quantitative estimate of drug-likeness (QED) is 0.501. The number of rotatable bonds is 2. The highest BCUT2D eigenvalue weighted by Gasteiger charge is 2.13. The molecule has 0 aliphatic carbocycles. The third kappa shape index (κ3) is 2.48. The van der Waals surface area contributed by atoms with E-state index in [1.165, 1.54) is 11.3 Å². The van der Waals surface area contributed by atoms with Gasteiger partial charge in [0, 0.05) is 4.70 Å². The van der Waals surface area contributed by atoms with Crippen LogP contribution in [0.25, 0.3) is 10.1 Å². The van der Waals surface area contributed by atoms with Gasteiger partial charge in [-0.25, -0.2) is 4.79 Å². The molecule has 4 heteroatoms. The fourth-order valence-corrected chi connectivity index (χ4v) is 2.87. The Morgan fingerprint density at radius 2 is 1.79 bits per heavy atom. The molecule has 1 aromatic heterocycles. The summed E-state index contributed by atoms with van der Waals surface area (Å²) >= 11 is 7.37. The van der Waals surface area contributed by atoms with Crippen molar-refractivity contribution in [2.45, 2.75) is 0 Å².